The molecule has 5 nitrogen and oxygen atoms in total. The van der Waals surface area contributed by atoms with Gasteiger partial charge in [-0.3, -0.25) is 9.78 Å². The lowest BCUT2D eigenvalue weighted by molar-refractivity contribution is -0.273. The second-order valence-corrected chi connectivity index (χ2v) is 2.43. The zero-order chi connectivity index (χ0) is 10.6. The average molecular weight is 192 g/mol. The molecule has 0 aromatic carbocycles. The van der Waals surface area contributed by atoms with E-state index in [1.54, 1.807) is 0 Å². The molecule has 1 heterocycles. The van der Waals surface area contributed by atoms with Crippen molar-refractivity contribution in [3.05, 3.63) is 35.8 Å². The van der Waals surface area contributed by atoms with Gasteiger partial charge in [-0.2, -0.15) is 0 Å². The molecule has 5 heteroatoms. The Hall–Kier alpha value is -2.17. The monoisotopic (exact) mass is 192 g/mol. The first-order valence-corrected chi connectivity index (χ1v) is 3.66. The highest BCUT2D eigenvalue weighted by Crippen LogP contribution is 2.08. The number of carboxylic acid groups (broad SMARTS) is 1. The van der Waals surface area contributed by atoms with Crippen molar-refractivity contribution in [1.82, 2.24) is 4.98 Å². The number of pyridine rings is 1. The van der Waals surface area contributed by atoms with E-state index in [0.29, 0.717) is 12.5 Å². The van der Waals surface area contributed by atoms with Crippen molar-refractivity contribution in [1.29, 1.82) is 0 Å². The maximum Gasteiger partial charge on any atom is 0.337 e. The molecule has 0 aliphatic carbocycles. The first-order valence-electron chi connectivity index (χ1n) is 3.66. The third-order valence-corrected chi connectivity index (χ3v) is 1.56. The molecule has 1 aromatic rings. The third kappa shape index (κ3) is 1.95. The number of hydrogen-bond donors (Lipinski definition) is 1. The van der Waals surface area contributed by atoms with Crippen molar-refractivity contribution in [2.45, 2.75) is 0 Å². The summed E-state index contributed by atoms with van der Waals surface area (Å²) in [6, 6.07) is 2.58. The van der Waals surface area contributed by atoms with Crippen LogP contribution in [-0.2, 0) is 4.79 Å². The van der Waals surface area contributed by atoms with Crippen LogP contribution in [0.25, 0.3) is 5.57 Å². The molecule has 0 unspecified atom stereocenters. The van der Waals surface area contributed by atoms with Gasteiger partial charge >= 0.3 is 5.97 Å². The van der Waals surface area contributed by atoms with Gasteiger partial charge < -0.3 is 10.2 Å². The minimum atomic E-state index is -1.11. The van der Waals surface area contributed by atoms with Crippen LogP contribution < -0.4 is 5.11 Å². The third-order valence-electron chi connectivity index (χ3n) is 1.56. The maximum absolute atomic E-state index is 10.4. The number of hydrogen-bond acceptors (Lipinski definition) is 4. The molecule has 0 fully saturated rings. The quantitative estimate of drug-likeness (QED) is 0.402. The first kappa shape index (κ1) is 9.91. The molecule has 1 aromatic heterocycles. The predicted molar refractivity (Wildman–Crippen MR) is 45.2 cm³/mol. The Morgan fingerprint density at radius 2 is 2.21 bits per heavy atom. The normalized spacial score (nSPS) is 11.0. The minimum Gasteiger partial charge on any atom is -0.877 e. The summed E-state index contributed by atoms with van der Waals surface area (Å²) in [5.41, 5.74) is 0.0619. The zero-order valence-corrected chi connectivity index (χ0v) is 7.01. The van der Waals surface area contributed by atoms with Gasteiger partial charge in [0.05, 0.1) is 11.3 Å². The molecule has 0 radical (unpaired) electrons. The summed E-state index contributed by atoms with van der Waals surface area (Å²) in [5, 5.41) is 18.9. The summed E-state index contributed by atoms with van der Waals surface area (Å²) in [7, 11) is 0. The van der Waals surface area contributed by atoms with Crippen LogP contribution in [0.1, 0.15) is 16.1 Å². The van der Waals surface area contributed by atoms with Crippen LogP contribution in [0.5, 0.6) is 0 Å². The summed E-state index contributed by atoms with van der Waals surface area (Å²) in [5.74, 6) is -1.11. The Balaban J connectivity index is 3.05. The van der Waals surface area contributed by atoms with Gasteiger partial charge in [-0.1, -0.05) is 0 Å². The van der Waals surface area contributed by atoms with Gasteiger partial charge in [0.1, 0.15) is 0 Å². The summed E-state index contributed by atoms with van der Waals surface area (Å²) in [4.78, 5) is 24.4. The van der Waals surface area contributed by atoms with Crippen LogP contribution in [0.3, 0.4) is 0 Å². The highest BCUT2D eigenvalue weighted by molar-refractivity contribution is 6.05. The van der Waals surface area contributed by atoms with Crippen LogP contribution in [0.15, 0.2) is 24.6 Å². The van der Waals surface area contributed by atoms with Crippen molar-refractivity contribution >= 4 is 17.8 Å². The molecule has 0 aliphatic rings. The Labute approximate surface area is 79.3 Å². The van der Waals surface area contributed by atoms with E-state index in [-0.39, 0.29) is 16.8 Å². The summed E-state index contributed by atoms with van der Waals surface area (Å²) >= 11 is 0. The number of allylic oxidation sites excluding steroid dienone is 1. The first-order chi connectivity index (χ1) is 6.69. The molecule has 0 saturated carbocycles. The number of carbonyl (C=O) groups is 2. The molecule has 0 saturated heterocycles. The predicted octanol–water partition coefficient (Wildman–Crippen LogP) is -0.320. The number of carboxylic acids is 1. The fourth-order valence-corrected chi connectivity index (χ4v) is 0.840. The van der Waals surface area contributed by atoms with Crippen molar-refractivity contribution in [2.75, 3.05) is 0 Å². The van der Waals surface area contributed by atoms with Crippen LogP contribution >= 0.6 is 0 Å². The lowest BCUT2D eigenvalue weighted by Crippen LogP contribution is -2.00. The number of aromatic carboxylic acids is 1. The van der Waals surface area contributed by atoms with Gasteiger partial charge in [0.25, 0.3) is 0 Å². The van der Waals surface area contributed by atoms with Gasteiger partial charge in [0.15, 0.2) is 6.29 Å². The number of rotatable bonds is 3. The van der Waals surface area contributed by atoms with E-state index in [1.165, 1.54) is 12.1 Å². The number of aldehydes is 1. The number of nitrogens with zero attached hydrogens (tertiary/aromatic N) is 1. The van der Waals surface area contributed by atoms with Crippen molar-refractivity contribution < 1.29 is 19.8 Å². The van der Waals surface area contributed by atoms with Crippen molar-refractivity contribution in [2.24, 2.45) is 0 Å². The van der Waals surface area contributed by atoms with Gasteiger partial charge in [0, 0.05) is 11.8 Å². The number of carbonyl (C=O) groups excluding carboxylic acids is 1. The van der Waals surface area contributed by atoms with Gasteiger partial charge in [-0.05, 0) is 12.1 Å². The lowest BCUT2D eigenvalue weighted by Gasteiger charge is -2.01. The van der Waals surface area contributed by atoms with E-state index in [1.807, 2.05) is 0 Å². The van der Waals surface area contributed by atoms with Crippen LogP contribution in [-0.4, -0.2) is 22.3 Å². The summed E-state index contributed by atoms with van der Waals surface area (Å²) in [6.07, 6.45) is 1.83. The van der Waals surface area contributed by atoms with Crippen molar-refractivity contribution in [3.63, 3.8) is 0 Å². The highest BCUT2D eigenvalue weighted by Gasteiger charge is 2.04. The Morgan fingerprint density at radius 1 is 1.50 bits per heavy atom. The van der Waals surface area contributed by atoms with Gasteiger partial charge in [-0.15, -0.1) is 6.26 Å². The fraction of sp³-hybridized carbons (Fsp3) is 0. The maximum atomic E-state index is 10.4. The van der Waals surface area contributed by atoms with E-state index in [0.717, 1.165) is 6.20 Å². The highest BCUT2D eigenvalue weighted by atomic mass is 16.4. The molecule has 14 heavy (non-hydrogen) atoms. The Morgan fingerprint density at radius 3 is 2.57 bits per heavy atom. The SMILES string of the molecule is O=C/C(=C\[O-])c1ccc(C(=O)O)cn1. The summed E-state index contributed by atoms with van der Waals surface area (Å²) in [6.45, 7) is 0. The second-order valence-electron chi connectivity index (χ2n) is 2.43. The standard InChI is InChI=1S/C9H7NO4/c11-4-7(5-12)8-2-1-6(3-10-8)9(13)14/h1-5,11H,(H,13,14)/p-1/b7-4+. The topological polar surface area (TPSA) is 90.3 Å². The number of aromatic nitrogens is 1. The molecule has 1 N–H and O–H groups in total. The molecule has 0 atom stereocenters. The molecule has 0 bridgehead atoms. The van der Waals surface area contributed by atoms with E-state index in [4.69, 9.17) is 5.11 Å². The smallest absolute Gasteiger partial charge is 0.337 e. The Bertz CT molecular complexity index is 380. The molecular weight excluding hydrogens is 186 g/mol. The van der Waals surface area contributed by atoms with Crippen LogP contribution in [0.4, 0.5) is 0 Å². The van der Waals surface area contributed by atoms with Gasteiger partial charge in [-0.25, -0.2) is 4.79 Å². The fourth-order valence-electron chi connectivity index (χ4n) is 0.840. The zero-order valence-electron chi connectivity index (χ0n) is 7.01. The van der Waals surface area contributed by atoms with E-state index in [2.05, 4.69) is 4.98 Å². The second kappa shape index (κ2) is 4.18. The molecule has 0 spiro atoms. The molecule has 0 amide bonds. The molecule has 0 aliphatic heterocycles. The Kier molecular flexibility index (Phi) is 2.96. The average Bonchev–Trinajstić information content (AvgIpc) is 2.20. The van der Waals surface area contributed by atoms with E-state index < -0.39 is 5.97 Å². The van der Waals surface area contributed by atoms with E-state index in [9.17, 15) is 14.7 Å². The van der Waals surface area contributed by atoms with E-state index >= 15 is 0 Å². The van der Waals surface area contributed by atoms with Crippen molar-refractivity contribution in [3.8, 4) is 0 Å². The van der Waals surface area contributed by atoms with Gasteiger partial charge in [0.2, 0.25) is 0 Å². The summed E-state index contributed by atoms with van der Waals surface area (Å²) < 4.78 is 0. The largest absolute Gasteiger partial charge is 0.877 e. The lowest BCUT2D eigenvalue weighted by atomic mass is 10.2. The molecule has 72 valence electrons. The molecule has 1 rings (SSSR count). The van der Waals surface area contributed by atoms with Crippen LogP contribution in [0, 0.1) is 0 Å². The molecular formula is C9H6NO4-. The minimum absolute atomic E-state index is 0.00454. The van der Waals surface area contributed by atoms with Crippen LogP contribution in [0.2, 0.25) is 0 Å².